The highest BCUT2D eigenvalue weighted by Gasteiger charge is 2.06. The third-order valence-electron chi connectivity index (χ3n) is 3.43. The van der Waals surface area contributed by atoms with Crippen LogP contribution < -0.4 is 10.6 Å². The van der Waals surface area contributed by atoms with Crippen molar-refractivity contribution in [2.24, 2.45) is 0 Å². The molecule has 2 rings (SSSR count). The first-order valence-corrected chi connectivity index (χ1v) is 9.47. The van der Waals surface area contributed by atoms with Gasteiger partial charge in [-0.25, -0.2) is 8.42 Å². The molecule has 122 valence electrons. The van der Waals surface area contributed by atoms with Crippen molar-refractivity contribution in [2.45, 2.75) is 25.3 Å². The molecule has 4 nitrogen and oxygen atoms in total. The van der Waals surface area contributed by atoms with E-state index in [1.807, 2.05) is 26.0 Å². The predicted molar refractivity (Wildman–Crippen MR) is 98.5 cm³/mol. The summed E-state index contributed by atoms with van der Waals surface area (Å²) in [5, 5.41) is 6.82. The molecule has 0 fully saturated rings. The fourth-order valence-electron chi connectivity index (χ4n) is 2.16. The summed E-state index contributed by atoms with van der Waals surface area (Å²) in [5.74, 6) is 0. The van der Waals surface area contributed by atoms with Crippen molar-refractivity contribution in [3.63, 3.8) is 0 Å². The molecule has 0 saturated carbocycles. The number of thiocarbonyl (C=S) groups is 1. The van der Waals surface area contributed by atoms with Crippen molar-refractivity contribution in [1.82, 2.24) is 5.32 Å². The van der Waals surface area contributed by atoms with Gasteiger partial charge in [-0.2, -0.15) is 0 Å². The Morgan fingerprint density at radius 1 is 1.09 bits per heavy atom. The lowest BCUT2D eigenvalue weighted by atomic mass is 10.1. The lowest BCUT2D eigenvalue weighted by molar-refractivity contribution is 0.602. The van der Waals surface area contributed by atoms with Gasteiger partial charge in [0, 0.05) is 18.5 Å². The van der Waals surface area contributed by atoms with E-state index in [0.29, 0.717) is 16.6 Å². The Morgan fingerprint density at radius 2 is 1.74 bits per heavy atom. The minimum absolute atomic E-state index is 0.317. The lowest BCUT2D eigenvalue weighted by Gasteiger charge is -2.13. The predicted octanol–water partition coefficient (Wildman–Crippen LogP) is 3.19. The number of nitrogens with one attached hydrogen (secondary N) is 2. The van der Waals surface area contributed by atoms with Crippen molar-refractivity contribution in [3.05, 3.63) is 59.2 Å². The summed E-state index contributed by atoms with van der Waals surface area (Å²) in [5.41, 5.74) is 4.27. The third-order valence-corrected chi connectivity index (χ3v) is 4.81. The maximum atomic E-state index is 11.4. The van der Waals surface area contributed by atoms with Crippen molar-refractivity contribution in [2.75, 3.05) is 11.6 Å². The van der Waals surface area contributed by atoms with Gasteiger partial charge in [-0.3, -0.25) is 0 Å². The largest absolute Gasteiger partial charge is 0.358 e. The lowest BCUT2D eigenvalue weighted by Crippen LogP contribution is -2.28. The molecule has 0 atom stereocenters. The number of hydrogen-bond acceptors (Lipinski definition) is 3. The second-order valence-electron chi connectivity index (χ2n) is 5.54. The summed E-state index contributed by atoms with van der Waals surface area (Å²) in [4.78, 5) is 0.317. The van der Waals surface area contributed by atoms with Gasteiger partial charge in [-0.1, -0.05) is 29.8 Å². The van der Waals surface area contributed by atoms with E-state index < -0.39 is 9.84 Å². The van der Waals surface area contributed by atoms with Crippen LogP contribution in [0.15, 0.2) is 47.4 Å². The number of sulfone groups is 1. The number of aryl methyl sites for hydroxylation is 2. The molecule has 0 unspecified atom stereocenters. The topological polar surface area (TPSA) is 58.2 Å². The molecule has 0 spiro atoms. The Balaban J connectivity index is 1.94. The van der Waals surface area contributed by atoms with Crippen molar-refractivity contribution < 1.29 is 8.42 Å². The van der Waals surface area contributed by atoms with Gasteiger partial charge in [-0.05, 0) is 55.4 Å². The molecule has 0 aliphatic rings. The highest BCUT2D eigenvalue weighted by atomic mass is 32.2. The molecule has 0 bridgehead atoms. The SMILES string of the molecule is Cc1ccc(NC(=S)NCc2ccc(S(C)(=O)=O)cc2)c(C)c1. The highest BCUT2D eigenvalue weighted by molar-refractivity contribution is 7.90. The van der Waals surface area contributed by atoms with Crippen LogP contribution in [0.5, 0.6) is 0 Å². The molecule has 0 aliphatic carbocycles. The molecule has 2 aromatic carbocycles. The standard InChI is InChI=1S/C17H20N2O2S2/c1-12-4-9-16(13(2)10-12)19-17(22)18-11-14-5-7-15(8-6-14)23(3,20)21/h4-10H,11H2,1-3H3,(H2,18,19,22). The monoisotopic (exact) mass is 348 g/mol. The van der Waals surface area contributed by atoms with Crippen LogP contribution in [0, 0.1) is 13.8 Å². The Bertz CT molecular complexity index is 813. The van der Waals surface area contributed by atoms with Crippen LogP contribution in [0.4, 0.5) is 5.69 Å². The quantitative estimate of drug-likeness (QED) is 0.831. The van der Waals surface area contributed by atoms with Gasteiger partial charge in [0.25, 0.3) is 0 Å². The molecule has 2 aromatic rings. The Hall–Kier alpha value is -1.92. The van der Waals surface area contributed by atoms with Crippen LogP contribution in [0.2, 0.25) is 0 Å². The molecule has 23 heavy (non-hydrogen) atoms. The normalized spacial score (nSPS) is 11.1. The van der Waals surface area contributed by atoms with Gasteiger partial charge in [0.05, 0.1) is 4.90 Å². The molecule has 0 aliphatic heterocycles. The molecule has 0 heterocycles. The van der Waals surface area contributed by atoms with Gasteiger partial charge in [0.15, 0.2) is 14.9 Å². The molecular formula is C17H20N2O2S2. The number of rotatable bonds is 4. The highest BCUT2D eigenvalue weighted by Crippen LogP contribution is 2.16. The summed E-state index contributed by atoms with van der Waals surface area (Å²) in [6.45, 7) is 4.61. The average Bonchev–Trinajstić information content (AvgIpc) is 2.47. The van der Waals surface area contributed by atoms with E-state index in [9.17, 15) is 8.42 Å². The van der Waals surface area contributed by atoms with Crippen LogP contribution in [-0.2, 0) is 16.4 Å². The van der Waals surface area contributed by atoms with Crippen LogP contribution in [0.1, 0.15) is 16.7 Å². The minimum Gasteiger partial charge on any atom is -0.358 e. The minimum atomic E-state index is -3.16. The van der Waals surface area contributed by atoms with E-state index in [4.69, 9.17) is 12.2 Å². The zero-order valence-electron chi connectivity index (χ0n) is 13.4. The molecular weight excluding hydrogens is 328 g/mol. The average molecular weight is 348 g/mol. The molecule has 6 heteroatoms. The summed E-state index contributed by atoms with van der Waals surface area (Å²) in [7, 11) is -3.16. The fraction of sp³-hybridized carbons (Fsp3) is 0.235. The van der Waals surface area contributed by atoms with Gasteiger partial charge in [-0.15, -0.1) is 0 Å². The van der Waals surface area contributed by atoms with Crippen LogP contribution in [-0.4, -0.2) is 19.8 Å². The molecule has 0 amide bonds. The van der Waals surface area contributed by atoms with E-state index in [1.165, 1.54) is 11.8 Å². The van der Waals surface area contributed by atoms with Crippen LogP contribution in [0.3, 0.4) is 0 Å². The van der Waals surface area contributed by atoms with Gasteiger partial charge < -0.3 is 10.6 Å². The molecule has 2 N–H and O–H groups in total. The maximum absolute atomic E-state index is 11.4. The molecule has 0 aromatic heterocycles. The first-order valence-electron chi connectivity index (χ1n) is 7.17. The summed E-state index contributed by atoms with van der Waals surface area (Å²) < 4.78 is 22.8. The molecule has 0 radical (unpaired) electrons. The maximum Gasteiger partial charge on any atom is 0.175 e. The molecule has 0 saturated heterocycles. The van der Waals surface area contributed by atoms with E-state index in [-0.39, 0.29) is 0 Å². The smallest absolute Gasteiger partial charge is 0.175 e. The Labute approximate surface area is 142 Å². The first-order chi connectivity index (χ1) is 10.8. The zero-order chi connectivity index (χ0) is 17.0. The Morgan fingerprint density at radius 3 is 2.30 bits per heavy atom. The number of hydrogen-bond donors (Lipinski definition) is 2. The van der Waals surface area contributed by atoms with Gasteiger partial charge >= 0.3 is 0 Å². The zero-order valence-corrected chi connectivity index (χ0v) is 15.0. The Kier molecular flexibility index (Phi) is 5.38. The number of anilines is 1. The summed E-state index contributed by atoms with van der Waals surface area (Å²) in [6.07, 6.45) is 1.20. The van der Waals surface area contributed by atoms with Crippen LogP contribution >= 0.6 is 12.2 Å². The van der Waals surface area contributed by atoms with Gasteiger partial charge in [0.2, 0.25) is 0 Å². The van der Waals surface area contributed by atoms with E-state index in [0.717, 1.165) is 16.8 Å². The van der Waals surface area contributed by atoms with Crippen molar-refractivity contribution in [3.8, 4) is 0 Å². The van der Waals surface area contributed by atoms with E-state index in [1.54, 1.807) is 24.3 Å². The van der Waals surface area contributed by atoms with Crippen molar-refractivity contribution in [1.29, 1.82) is 0 Å². The third kappa shape index (κ3) is 5.04. The fourth-order valence-corrected chi connectivity index (χ4v) is 2.97. The number of benzene rings is 2. The van der Waals surface area contributed by atoms with Crippen LogP contribution in [0.25, 0.3) is 0 Å². The van der Waals surface area contributed by atoms with Crippen molar-refractivity contribution >= 4 is 32.9 Å². The second kappa shape index (κ2) is 7.10. The summed E-state index contributed by atoms with van der Waals surface area (Å²) >= 11 is 5.29. The van der Waals surface area contributed by atoms with E-state index in [2.05, 4.69) is 16.7 Å². The van der Waals surface area contributed by atoms with Gasteiger partial charge in [0.1, 0.15) is 0 Å². The summed E-state index contributed by atoms with van der Waals surface area (Å²) in [6, 6.07) is 12.9. The first kappa shape index (κ1) is 17.4. The van der Waals surface area contributed by atoms with E-state index >= 15 is 0 Å². The second-order valence-corrected chi connectivity index (χ2v) is 7.97.